The van der Waals surface area contributed by atoms with Crippen molar-refractivity contribution in [2.45, 2.75) is 31.8 Å². The second-order valence-corrected chi connectivity index (χ2v) is 5.58. The van der Waals surface area contributed by atoms with E-state index in [0.29, 0.717) is 23.2 Å². The smallest absolute Gasteiger partial charge is 0.141 e. The molecule has 1 aromatic heterocycles. The molecule has 22 heavy (non-hydrogen) atoms. The molecule has 2 atom stereocenters. The van der Waals surface area contributed by atoms with Gasteiger partial charge in [-0.3, -0.25) is 0 Å². The van der Waals surface area contributed by atoms with E-state index >= 15 is 0 Å². The Bertz CT molecular complexity index is 783. The van der Waals surface area contributed by atoms with E-state index in [0.717, 1.165) is 18.6 Å². The first-order valence-electron chi connectivity index (χ1n) is 7.09. The van der Waals surface area contributed by atoms with Crippen LogP contribution in [0, 0.1) is 23.0 Å². The molecule has 0 spiro atoms. The van der Waals surface area contributed by atoms with Crippen LogP contribution in [0.4, 0.5) is 8.78 Å². The van der Waals surface area contributed by atoms with Crippen LogP contribution in [-0.4, -0.2) is 10.1 Å². The number of pyridine rings is 1. The van der Waals surface area contributed by atoms with E-state index in [1.54, 1.807) is 0 Å². The lowest BCUT2D eigenvalue weighted by Crippen LogP contribution is -2.16. The summed E-state index contributed by atoms with van der Waals surface area (Å²) >= 11 is 0. The normalized spacial score (nSPS) is 20.3. The second-order valence-electron chi connectivity index (χ2n) is 5.58. The lowest BCUT2D eigenvalue weighted by molar-refractivity contribution is 0.151. The van der Waals surface area contributed by atoms with E-state index in [1.165, 1.54) is 12.1 Å². The highest BCUT2D eigenvalue weighted by atomic mass is 19.1. The largest absolute Gasteiger partial charge is 0.388 e. The van der Waals surface area contributed by atoms with Crippen LogP contribution in [0.5, 0.6) is 0 Å². The van der Waals surface area contributed by atoms with Crippen molar-refractivity contribution < 1.29 is 13.9 Å². The molecule has 0 saturated carbocycles. The molecule has 3 nitrogen and oxygen atoms in total. The van der Waals surface area contributed by atoms with Crippen LogP contribution in [0.1, 0.15) is 48.7 Å². The van der Waals surface area contributed by atoms with Crippen molar-refractivity contribution in [2.24, 2.45) is 0 Å². The number of aliphatic hydroxyl groups excluding tert-OH is 1. The lowest BCUT2D eigenvalue weighted by atomic mass is 9.81. The van der Waals surface area contributed by atoms with Crippen LogP contribution < -0.4 is 0 Å². The first-order valence-corrected chi connectivity index (χ1v) is 7.09. The maximum absolute atomic E-state index is 14.1. The summed E-state index contributed by atoms with van der Waals surface area (Å²) in [6.45, 7) is 1.96. The molecular weight excluding hydrogens is 286 g/mol. The van der Waals surface area contributed by atoms with Gasteiger partial charge in [0.25, 0.3) is 0 Å². The van der Waals surface area contributed by atoms with Gasteiger partial charge >= 0.3 is 0 Å². The highest BCUT2D eigenvalue weighted by Gasteiger charge is 2.29. The van der Waals surface area contributed by atoms with Crippen molar-refractivity contribution in [3.8, 4) is 17.2 Å². The predicted molar refractivity (Wildman–Crippen MR) is 76.9 cm³/mol. The third-order valence-electron chi connectivity index (χ3n) is 4.10. The quantitative estimate of drug-likeness (QED) is 0.870. The minimum atomic E-state index is -0.758. The molecule has 0 saturated heterocycles. The highest BCUT2D eigenvalue weighted by molar-refractivity contribution is 5.71. The lowest BCUT2D eigenvalue weighted by Gasteiger charge is -2.28. The Balaban J connectivity index is 2.31. The molecule has 0 unspecified atom stereocenters. The number of rotatable bonds is 1. The van der Waals surface area contributed by atoms with E-state index in [-0.39, 0.29) is 17.2 Å². The Morgan fingerprint density at radius 1 is 1.23 bits per heavy atom. The number of hydrogen-bond donors (Lipinski definition) is 1. The van der Waals surface area contributed by atoms with Gasteiger partial charge in [0.15, 0.2) is 0 Å². The molecule has 1 aliphatic rings. The Morgan fingerprint density at radius 2 is 2.00 bits per heavy atom. The van der Waals surface area contributed by atoms with Gasteiger partial charge in [-0.05, 0) is 42.5 Å². The number of aliphatic hydroxyl groups is 1. The zero-order valence-electron chi connectivity index (χ0n) is 12.0. The van der Waals surface area contributed by atoms with Gasteiger partial charge in [0.2, 0.25) is 0 Å². The number of aromatic nitrogens is 1. The van der Waals surface area contributed by atoms with E-state index in [4.69, 9.17) is 5.26 Å². The van der Waals surface area contributed by atoms with Crippen molar-refractivity contribution in [2.75, 3.05) is 0 Å². The third-order valence-corrected chi connectivity index (χ3v) is 4.10. The Morgan fingerprint density at radius 3 is 2.68 bits per heavy atom. The van der Waals surface area contributed by atoms with E-state index in [1.807, 2.05) is 13.0 Å². The van der Waals surface area contributed by atoms with Crippen LogP contribution in [0.15, 0.2) is 24.3 Å². The fraction of sp³-hybridized carbons (Fsp3) is 0.294. The average Bonchev–Trinajstić information content (AvgIpc) is 2.50. The van der Waals surface area contributed by atoms with Crippen molar-refractivity contribution >= 4 is 0 Å². The van der Waals surface area contributed by atoms with E-state index < -0.39 is 17.7 Å². The fourth-order valence-corrected chi connectivity index (χ4v) is 2.98. The molecule has 0 amide bonds. The maximum atomic E-state index is 14.1. The van der Waals surface area contributed by atoms with Gasteiger partial charge in [0.05, 0.1) is 11.8 Å². The first-order chi connectivity index (χ1) is 10.5. The van der Waals surface area contributed by atoms with Crippen molar-refractivity contribution in [3.05, 3.63) is 52.9 Å². The molecule has 5 heteroatoms. The van der Waals surface area contributed by atoms with Gasteiger partial charge in [0.1, 0.15) is 23.4 Å². The first kappa shape index (κ1) is 14.6. The molecular formula is C17H14F2N2O. The topological polar surface area (TPSA) is 56.9 Å². The van der Waals surface area contributed by atoms with Crippen LogP contribution in [-0.2, 0) is 0 Å². The molecule has 112 valence electrons. The van der Waals surface area contributed by atoms with Crippen molar-refractivity contribution in [1.82, 2.24) is 4.98 Å². The van der Waals surface area contributed by atoms with Crippen LogP contribution in [0.25, 0.3) is 11.1 Å². The zero-order valence-corrected chi connectivity index (χ0v) is 12.0. The standard InChI is InChI=1S/C17H14F2N2O/c1-9-2-5-15(22)16-13(7-11(8-20)21-17(9)16)12-4-3-10(18)6-14(12)19/h3-4,6-7,9,15,22H,2,5H2,1H3/t9-,15+/m0/s1. The Labute approximate surface area is 126 Å². The zero-order chi connectivity index (χ0) is 15.9. The Kier molecular flexibility index (Phi) is 3.63. The maximum Gasteiger partial charge on any atom is 0.141 e. The molecule has 1 aromatic carbocycles. The summed E-state index contributed by atoms with van der Waals surface area (Å²) in [5, 5.41) is 19.5. The molecule has 0 fully saturated rings. The summed E-state index contributed by atoms with van der Waals surface area (Å²) in [6, 6.07) is 6.71. The van der Waals surface area contributed by atoms with Crippen LogP contribution in [0.2, 0.25) is 0 Å². The summed E-state index contributed by atoms with van der Waals surface area (Å²) < 4.78 is 27.3. The van der Waals surface area contributed by atoms with Crippen LogP contribution in [0.3, 0.4) is 0 Å². The summed E-state index contributed by atoms with van der Waals surface area (Å²) in [6.07, 6.45) is 0.546. The predicted octanol–water partition coefficient (Wildman–Crippen LogP) is 3.83. The molecule has 2 aromatic rings. The van der Waals surface area contributed by atoms with Gasteiger partial charge in [-0.25, -0.2) is 13.8 Å². The van der Waals surface area contributed by atoms with Gasteiger partial charge in [0, 0.05) is 17.2 Å². The molecule has 0 aliphatic heterocycles. The van der Waals surface area contributed by atoms with Crippen molar-refractivity contribution in [3.63, 3.8) is 0 Å². The number of halogens is 2. The SMILES string of the molecule is C[C@H]1CC[C@@H](O)c2c(-c3ccc(F)cc3F)cc(C#N)nc21. The van der Waals surface area contributed by atoms with E-state index in [2.05, 4.69) is 4.98 Å². The van der Waals surface area contributed by atoms with Crippen LogP contribution >= 0.6 is 0 Å². The van der Waals surface area contributed by atoms with Gasteiger partial charge < -0.3 is 5.11 Å². The molecule has 3 rings (SSSR count). The van der Waals surface area contributed by atoms with Gasteiger partial charge in [-0.1, -0.05) is 6.92 Å². The molecule has 1 N–H and O–H groups in total. The summed E-state index contributed by atoms with van der Waals surface area (Å²) in [7, 11) is 0. The summed E-state index contributed by atoms with van der Waals surface area (Å²) in [5.41, 5.74) is 1.92. The van der Waals surface area contributed by atoms with Crippen molar-refractivity contribution in [1.29, 1.82) is 5.26 Å². The van der Waals surface area contributed by atoms with Gasteiger partial charge in [-0.15, -0.1) is 0 Å². The molecule has 0 bridgehead atoms. The minimum absolute atomic E-state index is 0.0777. The number of hydrogen-bond acceptors (Lipinski definition) is 3. The van der Waals surface area contributed by atoms with E-state index in [9.17, 15) is 13.9 Å². The second kappa shape index (κ2) is 5.47. The number of nitrogens with zero attached hydrogens (tertiary/aromatic N) is 2. The molecule has 1 aliphatic carbocycles. The molecule has 0 radical (unpaired) electrons. The summed E-state index contributed by atoms with van der Waals surface area (Å²) in [5.74, 6) is -1.31. The number of benzene rings is 1. The average molecular weight is 300 g/mol. The van der Waals surface area contributed by atoms with Gasteiger partial charge in [-0.2, -0.15) is 5.26 Å². The summed E-state index contributed by atoms with van der Waals surface area (Å²) in [4.78, 5) is 4.28. The minimum Gasteiger partial charge on any atom is -0.388 e. The third kappa shape index (κ3) is 2.36. The number of fused-ring (bicyclic) bond motifs is 1. The Hall–Kier alpha value is -2.32. The highest BCUT2D eigenvalue weighted by Crippen LogP contribution is 2.42. The monoisotopic (exact) mass is 300 g/mol. The fourth-order valence-electron chi connectivity index (χ4n) is 2.98. The number of nitriles is 1. The molecule has 1 heterocycles.